The van der Waals surface area contributed by atoms with Gasteiger partial charge < -0.3 is 5.11 Å². The third-order valence-corrected chi connectivity index (χ3v) is 2.29. The molecule has 15 heavy (non-hydrogen) atoms. The van der Waals surface area contributed by atoms with Crippen LogP contribution in [0.3, 0.4) is 0 Å². The molecule has 0 bridgehead atoms. The summed E-state index contributed by atoms with van der Waals surface area (Å²) in [6, 6.07) is 0. The molecular formula is C8H6ClN3O3. The van der Waals surface area contributed by atoms with E-state index in [1.165, 1.54) is 13.1 Å². The third-order valence-electron chi connectivity index (χ3n) is 2.01. The Labute approximate surface area is 88.1 Å². The van der Waals surface area contributed by atoms with Crippen LogP contribution in [0.25, 0.3) is 5.65 Å². The van der Waals surface area contributed by atoms with Crippen molar-refractivity contribution in [2.24, 2.45) is 0 Å². The molecule has 78 valence electrons. The molecule has 0 unspecified atom stereocenters. The van der Waals surface area contributed by atoms with Crippen molar-refractivity contribution >= 4 is 23.2 Å². The van der Waals surface area contributed by atoms with Crippen molar-refractivity contribution in [2.45, 2.75) is 6.92 Å². The first-order valence-electron chi connectivity index (χ1n) is 4.02. The molecule has 6 nitrogen and oxygen atoms in total. The highest BCUT2D eigenvalue weighted by atomic mass is 35.5. The Bertz CT molecular complexity index is 613. The summed E-state index contributed by atoms with van der Waals surface area (Å²) >= 11 is 5.75. The number of aromatic amines is 1. The van der Waals surface area contributed by atoms with Crippen LogP contribution in [-0.2, 0) is 0 Å². The summed E-state index contributed by atoms with van der Waals surface area (Å²) in [5.74, 6) is -1.30. The second-order valence-corrected chi connectivity index (χ2v) is 3.37. The molecule has 2 heterocycles. The van der Waals surface area contributed by atoms with Gasteiger partial charge in [0.25, 0.3) is 5.56 Å². The van der Waals surface area contributed by atoms with Gasteiger partial charge in [-0.1, -0.05) is 11.6 Å². The lowest BCUT2D eigenvalue weighted by Crippen LogP contribution is -2.25. The van der Waals surface area contributed by atoms with Gasteiger partial charge in [-0.3, -0.25) is 9.89 Å². The summed E-state index contributed by atoms with van der Waals surface area (Å²) in [6.45, 7) is 1.45. The van der Waals surface area contributed by atoms with E-state index < -0.39 is 11.5 Å². The Morgan fingerprint density at radius 2 is 2.33 bits per heavy atom. The summed E-state index contributed by atoms with van der Waals surface area (Å²) in [7, 11) is 0. The van der Waals surface area contributed by atoms with E-state index in [1.54, 1.807) is 0 Å². The van der Waals surface area contributed by atoms with Crippen LogP contribution in [0.15, 0.2) is 11.0 Å². The van der Waals surface area contributed by atoms with Gasteiger partial charge in [0.2, 0.25) is 0 Å². The number of rotatable bonds is 1. The van der Waals surface area contributed by atoms with Crippen LogP contribution in [0.1, 0.15) is 16.1 Å². The van der Waals surface area contributed by atoms with Gasteiger partial charge >= 0.3 is 5.97 Å². The Morgan fingerprint density at radius 1 is 1.67 bits per heavy atom. The van der Waals surface area contributed by atoms with Crippen LogP contribution >= 0.6 is 11.6 Å². The van der Waals surface area contributed by atoms with Gasteiger partial charge in [-0.2, -0.15) is 4.52 Å². The topological polar surface area (TPSA) is 87.5 Å². The molecule has 0 aliphatic heterocycles. The number of aromatic nitrogens is 3. The first-order chi connectivity index (χ1) is 7.02. The molecule has 7 heteroatoms. The molecule has 0 spiro atoms. The number of aromatic carboxylic acids is 1. The summed E-state index contributed by atoms with van der Waals surface area (Å²) < 4.78 is 0.999. The molecule has 0 amide bonds. The standard InChI is InChI=1S/C8H6ClN3O3/c1-3-5(8(14)15)7(13)12-6(11-3)4(9)2-10-12/h2,10H,1H3,(H,14,15). The van der Waals surface area contributed by atoms with E-state index in [0.29, 0.717) is 0 Å². The number of nitrogens with zero attached hydrogens (tertiary/aromatic N) is 2. The molecule has 0 atom stereocenters. The number of carboxylic acid groups (broad SMARTS) is 1. The number of hydrogen-bond donors (Lipinski definition) is 2. The minimum atomic E-state index is -1.30. The average Bonchev–Trinajstić information content (AvgIpc) is 2.47. The van der Waals surface area contributed by atoms with Crippen molar-refractivity contribution in [3.63, 3.8) is 0 Å². The van der Waals surface area contributed by atoms with Crippen LogP contribution in [0.4, 0.5) is 0 Å². The maximum absolute atomic E-state index is 11.7. The predicted molar refractivity (Wildman–Crippen MR) is 52.5 cm³/mol. The van der Waals surface area contributed by atoms with Crippen molar-refractivity contribution in [2.75, 3.05) is 0 Å². The van der Waals surface area contributed by atoms with E-state index in [2.05, 4.69) is 10.1 Å². The van der Waals surface area contributed by atoms with E-state index in [9.17, 15) is 9.59 Å². The van der Waals surface area contributed by atoms with Crippen LogP contribution in [0.5, 0.6) is 0 Å². The molecule has 0 aliphatic rings. The fourth-order valence-electron chi connectivity index (χ4n) is 1.34. The Balaban J connectivity index is 2.98. The molecule has 0 saturated carbocycles. The van der Waals surface area contributed by atoms with Crippen molar-refractivity contribution in [3.05, 3.63) is 32.8 Å². The summed E-state index contributed by atoms with van der Waals surface area (Å²) in [6.07, 6.45) is 1.37. The zero-order valence-corrected chi connectivity index (χ0v) is 8.37. The lowest BCUT2D eigenvalue weighted by molar-refractivity contribution is 0.0693. The molecule has 2 rings (SSSR count). The normalized spacial score (nSPS) is 10.8. The van der Waals surface area contributed by atoms with E-state index in [4.69, 9.17) is 16.7 Å². The second kappa shape index (κ2) is 3.09. The lowest BCUT2D eigenvalue weighted by atomic mass is 10.2. The van der Waals surface area contributed by atoms with Gasteiger partial charge in [0.15, 0.2) is 5.65 Å². The Morgan fingerprint density at radius 3 is 2.93 bits per heavy atom. The number of aryl methyl sites for hydroxylation is 1. The van der Waals surface area contributed by atoms with Crippen molar-refractivity contribution in [1.29, 1.82) is 0 Å². The summed E-state index contributed by atoms with van der Waals surface area (Å²) in [5, 5.41) is 11.6. The Hall–Kier alpha value is -1.82. The van der Waals surface area contributed by atoms with Gasteiger partial charge in [-0.15, -0.1) is 0 Å². The monoisotopic (exact) mass is 227 g/mol. The van der Waals surface area contributed by atoms with Gasteiger partial charge in [-0.25, -0.2) is 9.78 Å². The molecular weight excluding hydrogens is 222 g/mol. The molecule has 0 fully saturated rings. The second-order valence-electron chi connectivity index (χ2n) is 2.96. The fraction of sp³-hybridized carbons (Fsp3) is 0.125. The smallest absolute Gasteiger partial charge is 0.343 e. The quantitative estimate of drug-likeness (QED) is 0.750. The van der Waals surface area contributed by atoms with E-state index in [-0.39, 0.29) is 21.9 Å². The molecule has 0 aromatic carbocycles. The van der Waals surface area contributed by atoms with Crippen molar-refractivity contribution in [1.82, 2.24) is 14.6 Å². The van der Waals surface area contributed by atoms with E-state index in [0.717, 1.165) is 4.52 Å². The van der Waals surface area contributed by atoms with Gasteiger partial charge in [-0.05, 0) is 6.92 Å². The summed E-state index contributed by atoms with van der Waals surface area (Å²) in [4.78, 5) is 26.4. The highest BCUT2D eigenvalue weighted by molar-refractivity contribution is 6.33. The first kappa shape index (κ1) is 9.72. The van der Waals surface area contributed by atoms with Crippen molar-refractivity contribution < 1.29 is 9.90 Å². The maximum Gasteiger partial charge on any atom is 0.343 e. The highest BCUT2D eigenvalue weighted by Gasteiger charge is 2.17. The first-order valence-corrected chi connectivity index (χ1v) is 4.39. The minimum absolute atomic E-state index is 0.147. The number of fused-ring (bicyclic) bond motifs is 1. The largest absolute Gasteiger partial charge is 0.477 e. The zero-order valence-electron chi connectivity index (χ0n) is 7.61. The maximum atomic E-state index is 11.7. The number of nitrogens with one attached hydrogen (secondary N) is 1. The molecule has 2 aromatic heterocycles. The summed E-state index contributed by atoms with van der Waals surface area (Å²) in [5.41, 5.74) is -0.652. The minimum Gasteiger partial charge on any atom is -0.477 e. The molecule has 2 aromatic rings. The van der Waals surface area contributed by atoms with Gasteiger partial charge in [0, 0.05) is 6.20 Å². The van der Waals surface area contributed by atoms with Crippen molar-refractivity contribution in [3.8, 4) is 0 Å². The number of halogens is 1. The lowest BCUT2D eigenvalue weighted by Gasteiger charge is -2.00. The van der Waals surface area contributed by atoms with E-state index >= 15 is 0 Å². The van der Waals surface area contributed by atoms with Crippen LogP contribution in [0, 0.1) is 6.92 Å². The van der Waals surface area contributed by atoms with Crippen LogP contribution in [0.2, 0.25) is 5.02 Å². The van der Waals surface area contributed by atoms with Crippen LogP contribution in [-0.4, -0.2) is 25.7 Å². The predicted octanol–water partition coefficient (Wildman–Crippen LogP) is 0.683. The fourth-order valence-corrected chi connectivity index (χ4v) is 1.52. The molecule has 2 N–H and O–H groups in total. The molecule has 0 aliphatic carbocycles. The van der Waals surface area contributed by atoms with Gasteiger partial charge in [0.05, 0.1) is 5.69 Å². The van der Waals surface area contributed by atoms with Gasteiger partial charge in [0.1, 0.15) is 10.6 Å². The van der Waals surface area contributed by atoms with E-state index in [1.807, 2.05) is 0 Å². The third kappa shape index (κ3) is 1.30. The Kier molecular flexibility index (Phi) is 2.01. The number of carboxylic acids is 1. The van der Waals surface area contributed by atoms with Crippen LogP contribution < -0.4 is 5.56 Å². The average molecular weight is 228 g/mol. The number of carbonyl (C=O) groups is 1. The molecule has 0 radical (unpaired) electrons. The number of hydrogen-bond acceptors (Lipinski definition) is 3. The SMILES string of the molecule is Cc1nc2c(Cl)c[nH]n2c(=O)c1C(=O)O. The molecule has 0 saturated heterocycles. The highest BCUT2D eigenvalue weighted by Crippen LogP contribution is 2.13. The number of H-pyrrole nitrogens is 1. The zero-order chi connectivity index (χ0) is 11.2.